The molecule has 2 aromatic rings. The summed E-state index contributed by atoms with van der Waals surface area (Å²) in [5.74, 6) is 6.06. The van der Waals surface area contributed by atoms with E-state index in [4.69, 9.17) is 5.11 Å². The smallest absolute Gasteiger partial charge is 0.0540 e. The second kappa shape index (κ2) is 4.68. The van der Waals surface area contributed by atoms with Crippen molar-refractivity contribution in [2.75, 3.05) is 6.61 Å². The first-order valence-electron chi connectivity index (χ1n) is 6.19. The third kappa shape index (κ3) is 1.92. The lowest BCUT2D eigenvalue weighted by atomic mass is 10.0. The Morgan fingerprint density at radius 2 is 1.83 bits per heavy atom. The van der Waals surface area contributed by atoms with Crippen LogP contribution in [0.3, 0.4) is 0 Å². The summed E-state index contributed by atoms with van der Waals surface area (Å²) in [6, 6.07) is 14.9. The van der Waals surface area contributed by atoms with Crippen molar-refractivity contribution in [2.24, 2.45) is 0 Å². The second-order valence-electron chi connectivity index (χ2n) is 4.48. The quantitative estimate of drug-likeness (QED) is 0.642. The van der Waals surface area contributed by atoms with Gasteiger partial charge in [-0.1, -0.05) is 42.2 Å². The molecule has 2 aromatic carbocycles. The molecule has 18 heavy (non-hydrogen) atoms. The molecule has 0 unspecified atom stereocenters. The predicted molar refractivity (Wildman–Crippen MR) is 73.3 cm³/mol. The highest BCUT2D eigenvalue weighted by Gasteiger charge is 2.17. The predicted octanol–water partition coefficient (Wildman–Crippen LogP) is 2.99. The number of fused-ring (bicyclic) bond motifs is 3. The molecule has 88 valence electrons. The maximum Gasteiger partial charge on any atom is 0.0540 e. The van der Waals surface area contributed by atoms with Crippen LogP contribution in [0.2, 0.25) is 0 Å². The third-order valence-electron chi connectivity index (χ3n) is 3.26. The van der Waals surface area contributed by atoms with Gasteiger partial charge in [-0.2, -0.15) is 0 Å². The van der Waals surface area contributed by atoms with Gasteiger partial charge in [0.2, 0.25) is 0 Å². The molecule has 0 aliphatic heterocycles. The zero-order chi connectivity index (χ0) is 12.4. The molecule has 0 fully saturated rings. The molecular weight excluding hydrogens is 220 g/mol. The van der Waals surface area contributed by atoms with E-state index >= 15 is 0 Å². The van der Waals surface area contributed by atoms with Crippen molar-refractivity contribution in [1.82, 2.24) is 0 Å². The molecule has 1 heteroatoms. The molecule has 0 saturated carbocycles. The molecule has 0 aromatic heterocycles. The summed E-state index contributed by atoms with van der Waals surface area (Å²) < 4.78 is 0. The summed E-state index contributed by atoms with van der Waals surface area (Å²) in [6.07, 6.45) is 1.54. The Balaban J connectivity index is 1.97. The summed E-state index contributed by atoms with van der Waals surface area (Å²) in [5, 5.41) is 8.71. The van der Waals surface area contributed by atoms with Crippen molar-refractivity contribution in [2.45, 2.75) is 12.8 Å². The molecule has 1 aliphatic rings. The van der Waals surface area contributed by atoms with E-state index in [-0.39, 0.29) is 6.61 Å². The van der Waals surface area contributed by atoms with Crippen molar-refractivity contribution in [1.29, 1.82) is 0 Å². The van der Waals surface area contributed by atoms with Crippen LogP contribution < -0.4 is 0 Å². The number of aliphatic hydroxyl groups excluding tert-OH is 1. The minimum Gasteiger partial charge on any atom is -0.395 e. The van der Waals surface area contributed by atoms with Gasteiger partial charge in [-0.25, -0.2) is 0 Å². The van der Waals surface area contributed by atoms with E-state index in [1.54, 1.807) is 0 Å². The molecule has 0 saturated heterocycles. The first-order valence-corrected chi connectivity index (χ1v) is 6.19. The number of benzene rings is 2. The fourth-order valence-corrected chi connectivity index (χ4v) is 2.44. The summed E-state index contributed by atoms with van der Waals surface area (Å²) >= 11 is 0. The summed E-state index contributed by atoms with van der Waals surface area (Å²) in [5.41, 5.74) is 6.47. The third-order valence-corrected chi connectivity index (χ3v) is 3.26. The van der Waals surface area contributed by atoms with Gasteiger partial charge < -0.3 is 5.11 Å². The molecule has 3 rings (SSSR count). The largest absolute Gasteiger partial charge is 0.395 e. The standard InChI is InChI=1S/C17H14O/c18-10-4-3-5-13-8-9-17-15(11-13)12-14-6-1-2-7-16(14)17/h1-2,6-9,11,18H,4,10,12H2. The van der Waals surface area contributed by atoms with Gasteiger partial charge in [-0.15, -0.1) is 0 Å². The van der Waals surface area contributed by atoms with E-state index in [2.05, 4.69) is 54.3 Å². The van der Waals surface area contributed by atoms with E-state index in [1.165, 1.54) is 22.3 Å². The van der Waals surface area contributed by atoms with Crippen LogP contribution in [0.15, 0.2) is 42.5 Å². The van der Waals surface area contributed by atoms with Crippen LogP contribution in [0.4, 0.5) is 0 Å². The summed E-state index contributed by atoms with van der Waals surface area (Å²) in [6.45, 7) is 0.128. The maximum absolute atomic E-state index is 8.71. The molecular formula is C17H14O. The number of hydrogen-bond acceptors (Lipinski definition) is 1. The monoisotopic (exact) mass is 234 g/mol. The topological polar surface area (TPSA) is 20.2 Å². The molecule has 0 atom stereocenters. The van der Waals surface area contributed by atoms with Crippen LogP contribution in [0.5, 0.6) is 0 Å². The van der Waals surface area contributed by atoms with Crippen LogP contribution in [0.25, 0.3) is 11.1 Å². The molecule has 0 amide bonds. The van der Waals surface area contributed by atoms with Crippen LogP contribution in [0, 0.1) is 11.8 Å². The van der Waals surface area contributed by atoms with Crippen LogP contribution in [0.1, 0.15) is 23.1 Å². The molecule has 1 nitrogen and oxygen atoms in total. The zero-order valence-electron chi connectivity index (χ0n) is 10.1. The van der Waals surface area contributed by atoms with E-state index in [1.807, 2.05) is 0 Å². The second-order valence-corrected chi connectivity index (χ2v) is 4.48. The Hall–Kier alpha value is -2.04. The maximum atomic E-state index is 8.71. The highest BCUT2D eigenvalue weighted by atomic mass is 16.2. The van der Waals surface area contributed by atoms with E-state index in [0.717, 1.165) is 12.0 Å². The first-order chi connectivity index (χ1) is 8.88. The van der Waals surface area contributed by atoms with Crippen molar-refractivity contribution in [3.05, 3.63) is 59.2 Å². The van der Waals surface area contributed by atoms with Crippen LogP contribution >= 0.6 is 0 Å². The van der Waals surface area contributed by atoms with E-state index in [9.17, 15) is 0 Å². The van der Waals surface area contributed by atoms with Gasteiger partial charge in [0.25, 0.3) is 0 Å². The molecule has 1 aliphatic carbocycles. The fraction of sp³-hybridized carbons (Fsp3) is 0.176. The minimum atomic E-state index is 0.128. The normalized spacial score (nSPS) is 11.4. The Kier molecular flexibility index (Phi) is 2.88. The molecule has 0 bridgehead atoms. The highest BCUT2D eigenvalue weighted by Crippen LogP contribution is 2.36. The first kappa shape index (κ1) is 11.1. The summed E-state index contributed by atoms with van der Waals surface area (Å²) in [4.78, 5) is 0. The Labute approximate surface area is 107 Å². The van der Waals surface area contributed by atoms with Gasteiger partial charge in [-0.3, -0.25) is 0 Å². The lowest BCUT2D eigenvalue weighted by molar-refractivity contribution is 0.305. The van der Waals surface area contributed by atoms with Crippen LogP contribution in [-0.2, 0) is 6.42 Å². The van der Waals surface area contributed by atoms with Gasteiger partial charge in [0, 0.05) is 12.0 Å². The van der Waals surface area contributed by atoms with Crippen molar-refractivity contribution in [3.8, 4) is 23.0 Å². The van der Waals surface area contributed by atoms with Gasteiger partial charge in [0.05, 0.1) is 6.61 Å². The lowest BCUT2D eigenvalue weighted by Crippen LogP contribution is -1.83. The number of aliphatic hydroxyl groups is 1. The van der Waals surface area contributed by atoms with E-state index in [0.29, 0.717) is 6.42 Å². The zero-order valence-corrected chi connectivity index (χ0v) is 10.1. The van der Waals surface area contributed by atoms with Gasteiger partial charge >= 0.3 is 0 Å². The Bertz CT molecular complexity index is 644. The summed E-state index contributed by atoms with van der Waals surface area (Å²) in [7, 11) is 0. The average molecular weight is 234 g/mol. The molecule has 0 heterocycles. The van der Waals surface area contributed by atoms with Crippen molar-refractivity contribution >= 4 is 0 Å². The van der Waals surface area contributed by atoms with Crippen LogP contribution in [-0.4, -0.2) is 11.7 Å². The van der Waals surface area contributed by atoms with Crippen molar-refractivity contribution in [3.63, 3.8) is 0 Å². The average Bonchev–Trinajstić information content (AvgIpc) is 2.76. The van der Waals surface area contributed by atoms with Gasteiger partial charge in [0.15, 0.2) is 0 Å². The molecule has 0 spiro atoms. The van der Waals surface area contributed by atoms with Crippen molar-refractivity contribution < 1.29 is 5.11 Å². The minimum absolute atomic E-state index is 0.128. The van der Waals surface area contributed by atoms with Gasteiger partial charge in [0.1, 0.15) is 0 Å². The molecule has 1 N–H and O–H groups in total. The molecule has 0 radical (unpaired) electrons. The Morgan fingerprint density at radius 1 is 1.00 bits per heavy atom. The Morgan fingerprint density at radius 3 is 2.72 bits per heavy atom. The van der Waals surface area contributed by atoms with Gasteiger partial charge in [-0.05, 0) is 40.8 Å². The SMILES string of the molecule is OCCC#Cc1ccc2c(c1)Cc1ccccc1-2. The fourth-order valence-electron chi connectivity index (χ4n) is 2.44. The number of hydrogen-bond donors (Lipinski definition) is 1. The van der Waals surface area contributed by atoms with E-state index < -0.39 is 0 Å². The number of rotatable bonds is 1. The lowest BCUT2D eigenvalue weighted by Gasteiger charge is -2.00. The highest BCUT2D eigenvalue weighted by molar-refractivity contribution is 5.77.